The summed E-state index contributed by atoms with van der Waals surface area (Å²) in [6.45, 7) is 3.33. The smallest absolute Gasteiger partial charge is 0.169 e. The van der Waals surface area contributed by atoms with Crippen LogP contribution in [0.4, 0.5) is 0 Å². The van der Waals surface area contributed by atoms with E-state index >= 15 is 0 Å². The number of Topliss-reactive ketones (excluding diaryl/α,β-unsaturated/α-hetero) is 1. The van der Waals surface area contributed by atoms with Crippen molar-refractivity contribution in [2.24, 2.45) is 0 Å². The molecule has 0 radical (unpaired) electrons. The molecule has 3 rings (SSSR count). The fraction of sp³-hybridized carbons (Fsp3) is 0.250. The Kier molecular flexibility index (Phi) is 5.82. The highest BCUT2D eigenvalue weighted by atomic mass is 32.2. The first-order chi connectivity index (χ1) is 12.8. The predicted octanol–water partition coefficient (Wildman–Crippen LogP) is 3.95. The van der Waals surface area contributed by atoms with Crippen LogP contribution in [0.3, 0.4) is 0 Å². The van der Waals surface area contributed by atoms with Crippen molar-refractivity contribution in [1.29, 1.82) is 0 Å². The largest absolute Gasteiger partial charge is 0.294 e. The SMILES string of the molecule is CC(C)S(=O)(=O)Cc1ccc(C(=O)Cc2nnc(-c3ccccc3)s2)cc1. The van der Waals surface area contributed by atoms with Crippen LogP contribution in [0.2, 0.25) is 0 Å². The fourth-order valence-corrected chi connectivity index (χ4v) is 4.28. The normalized spacial score (nSPS) is 11.7. The minimum absolute atomic E-state index is 0.0179. The van der Waals surface area contributed by atoms with Gasteiger partial charge in [-0.2, -0.15) is 0 Å². The maximum atomic E-state index is 12.5. The average molecular weight is 401 g/mol. The van der Waals surface area contributed by atoms with Gasteiger partial charge in [0.05, 0.1) is 17.4 Å². The zero-order chi connectivity index (χ0) is 19.4. The summed E-state index contributed by atoms with van der Waals surface area (Å²) in [6, 6.07) is 16.5. The molecule has 0 bridgehead atoms. The summed E-state index contributed by atoms with van der Waals surface area (Å²) in [5.41, 5.74) is 2.20. The van der Waals surface area contributed by atoms with Crippen LogP contribution in [0.25, 0.3) is 10.6 Å². The summed E-state index contributed by atoms with van der Waals surface area (Å²) in [4.78, 5) is 12.5. The zero-order valence-electron chi connectivity index (χ0n) is 15.1. The van der Waals surface area contributed by atoms with E-state index in [2.05, 4.69) is 10.2 Å². The highest BCUT2D eigenvalue weighted by Crippen LogP contribution is 2.24. The second-order valence-electron chi connectivity index (χ2n) is 6.52. The molecule has 7 heteroatoms. The minimum Gasteiger partial charge on any atom is -0.294 e. The van der Waals surface area contributed by atoms with Crippen LogP contribution in [0, 0.1) is 0 Å². The van der Waals surface area contributed by atoms with E-state index < -0.39 is 15.1 Å². The highest BCUT2D eigenvalue weighted by Gasteiger charge is 2.17. The van der Waals surface area contributed by atoms with E-state index in [9.17, 15) is 13.2 Å². The first-order valence-electron chi connectivity index (χ1n) is 8.56. The molecule has 0 atom stereocenters. The van der Waals surface area contributed by atoms with Gasteiger partial charge in [0.2, 0.25) is 0 Å². The van der Waals surface area contributed by atoms with Gasteiger partial charge in [0.25, 0.3) is 0 Å². The van der Waals surface area contributed by atoms with Crippen molar-refractivity contribution < 1.29 is 13.2 Å². The molecule has 0 aliphatic rings. The number of ketones is 1. The topological polar surface area (TPSA) is 77.0 Å². The lowest BCUT2D eigenvalue weighted by Crippen LogP contribution is -2.16. The molecule has 2 aromatic carbocycles. The molecule has 0 fully saturated rings. The molecule has 0 saturated heterocycles. The lowest BCUT2D eigenvalue weighted by atomic mass is 10.1. The summed E-state index contributed by atoms with van der Waals surface area (Å²) in [5, 5.41) is 9.29. The van der Waals surface area contributed by atoms with Gasteiger partial charge in [0.15, 0.2) is 15.6 Å². The Bertz CT molecular complexity index is 1020. The van der Waals surface area contributed by atoms with E-state index in [0.717, 1.165) is 10.6 Å². The molecular weight excluding hydrogens is 380 g/mol. The summed E-state index contributed by atoms with van der Waals surface area (Å²) in [5.74, 6) is -0.0836. The van der Waals surface area contributed by atoms with Crippen molar-refractivity contribution in [1.82, 2.24) is 10.2 Å². The van der Waals surface area contributed by atoms with E-state index in [1.807, 2.05) is 30.3 Å². The van der Waals surface area contributed by atoms with Gasteiger partial charge in [-0.05, 0) is 19.4 Å². The molecule has 0 N–H and O–H groups in total. The number of rotatable bonds is 7. The number of benzene rings is 2. The van der Waals surface area contributed by atoms with Gasteiger partial charge in [-0.25, -0.2) is 8.42 Å². The summed E-state index contributed by atoms with van der Waals surface area (Å²) in [6.07, 6.45) is 0.175. The predicted molar refractivity (Wildman–Crippen MR) is 108 cm³/mol. The monoisotopic (exact) mass is 400 g/mol. The molecule has 1 heterocycles. The second-order valence-corrected chi connectivity index (χ2v) is 10.1. The molecule has 140 valence electrons. The quantitative estimate of drug-likeness (QED) is 0.561. The van der Waals surface area contributed by atoms with Crippen LogP contribution in [0.5, 0.6) is 0 Å². The first-order valence-corrected chi connectivity index (χ1v) is 11.1. The van der Waals surface area contributed by atoms with E-state index in [1.165, 1.54) is 11.3 Å². The molecule has 3 aromatic rings. The van der Waals surface area contributed by atoms with Crippen LogP contribution < -0.4 is 0 Å². The minimum atomic E-state index is -3.16. The Balaban J connectivity index is 1.67. The number of carbonyl (C=O) groups is 1. The second kappa shape index (κ2) is 8.10. The van der Waals surface area contributed by atoms with Crippen LogP contribution in [0.1, 0.15) is 34.8 Å². The van der Waals surface area contributed by atoms with Gasteiger partial charge in [-0.15, -0.1) is 10.2 Å². The van der Waals surface area contributed by atoms with Crippen LogP contribution in [-0.4, -0.2) is 29.6 Å². The summed E-state index contributed by atoms with van der Waals surface area (Å²) >= 11 is 1.40. The third-order valence-corrected chi connectivity index (χ3v) is 7.31. The highest BCUT2D eigenvalue weighted by molar-refractivity contribution is 7.91. The number of hydrogen-bond acceptors (Lipinski definition) is 6. The van der Waals surface area contributed by atoms with Crippen molar-refractivity contribution in [3.63, 3.8) is 0 Å². The van der Waals surface area contributed by atoms with Gasteiger partial charge in [-0.3, -0.25) is 4.79 Å². The third-order valence-electron chi connectivity index (χ3n) is 4.16. The molecule has 5 nitrogen and oxygen atoms in total. The molecule has 0 aliphatic heterocycles. The number of aromatic nitrogens is 2. The fourth-order valence-electron chi connectivity index (χ4n) is 2.45. The van der Waals surface area contributed by atoms with Crippen LogP contribution >= 0.6 is 11.3 Å². The van der Waals surface area contributed by atoms with E-state index in [0.29, 0.717) is 16.1 Å². The first kappa shape index (κ1) is 19.4. The van der Waals surface area contributed by atoms with Crippen molar-refractivity contribution in [3.05, 3.63) is 70.7 Å². The Morgan fingerprint density at radius 1 is 1.00 bits per heavy atom. The van der Waals surface area contributed by atoms with E-state index in [-0.39, 0.29) is 18.0 Å². The van der Waals surface area contributed by atoms with Crippen molar-refractivity contribution in [3.8, 4) is 10.6 Å². The molecule has 0 amide bonds. The number of carbonyl (C=O) groups excluding carboxylic acids is 1. The third kappa shape index (κ3) is 4.87. The molecule has 0 saturated carbocycles. The van der Waals surface area contributed by atoms with Crippen molar-refractivity contribution in [2.75, 3.05) is 0 Å². The van der Waals surface area contributed by atoms with Crippen molar-refractivity contribution in [2.45, 2.75) is 31.3 Å². The zero-order valence-corrected chi connectivity index (χ0v) is 16.8. The summed E-state index contributed by atoms with van der Waals surface area (Å²) < 4.78 is 24.0. The summed E-state index contributed by atoms with van der Waals surface area (Å²) in [7, 11) is -3.16. The molecule has 0 unspecified atom stereocenters. The Hall–Kier alpha value is -2.38. The Labute approximate surface area is 163 Å². The van der Waals surface area contributed by atoms with Gasteiger partial charge < -0.3 is 0 Å². The van der Waals surface area contributed by atoms with Crippen LogP contribution in [0.15, 0.2) is 54.6 Å². The molecule has 0 aliphatic carbocycles. The van der Waals surface area contributed by atoms with Gasteiger partial charge in [-0.1, -0.05) is 65.9 Å². The lowest BCUT2D eigenvalue weighted by Gasteiger charge is -2.08. The molecule has 27 heavy (non-hydrogen) atoms. The number of sulfone groups is 1. The molecular formula is C20H20N2O3S2. The lowest BCUT2D eigenvalue weighted by molar-refractivity contribution is 0.0992. The van der Waals surface area contributed by atoms with Gasteiger partial charge >= 0.3 is 0 Å². The number of hydrogen-bond donors (Lipinski definition) is 0. The Morgan fingerprint density at radius 3 is 2.30 bits per heavy atom. The Morgan fingerprint density at radius 2 is 1.67 bits per heavy atom. The maximum absolute atomic E-state index is 12.5. The number of nitrogens with zero attached hydrogens (tertiary/aromatic N) is 2. The van der Waals surface area contributed by atoms with Crippen LogP contribution in [-0.2, 0) is 22.0 Å². The molecule has 1 aromatic heterocycles. The van der Waals surface area contributed by atoms with Crippen molar-refractivity contribution >= 4 is 27.0 Å². The standard InChI is InChI=1S/C20H20N2O3S2/c1-14(2)27(24,25)13-15-8-10-16(11-9-15)18(23)12-19-21-22-20(26-19)17-6-4-3-5-7-17/h3-11,14H,12-13H2,1-2H3. The van der Waals surface area contributed by atoms with E-state index in [1.54, 1.807) is 38.1 Å². The van der Waals surface area contributed by atoms with E-state index in [4.69, 9.17) is 0 Å². The molecule has 0 spiro atoms. The van der Waals surface area contributed by atoms with Gasteiger partial charge in [0, 0.05) is 11.1 Å². The van der Waals surface area contributed by atoms with Gasteiger partial charge in [0.1, 0.15) is 10.0 Å². The maximum Gasteiger partial charge on any atom is 0.169 e. The average Bonchev–Trinajstić information content (AvgIpc) is 3.11.